The zero-order valence-corrected chi connectivity index (χ0v) is 18.7. The molecule has 0 radical (unpaired) electrons. The predicted octanol–water partition coefficient (Wildman–Crippen LogP) is 5.29. The number of esters is 1. The number of nitrogens with zero attached hydrogens (tertiary/aromatic N) is 3. The number of ether oxygens (including phenoxy) is 1. The molecular weight excluding hydrogens is 366 g/mol. The molecule has 0 aromatic carbocycles. The SMILES string of the molecule is CCCCC=Cn1cc(C(=O)OCC)c(N(C(=O)C2CCC(C)CC2)C(C)C)n1. The van der Waals surface area contributed by atoms with E-state index in [2.05, 4.69) is 18.9 Å². The number of allylic oxidation sites excluding steroid dienone is 1. The molecule has 6 nitrogen and oxygen atoms in total. The number of unbranched alkanes of at least 4 members (excludes halogenated alkanes) is 2. The van der Waals surface area contributed by atoms with E-state index in [0.717, 1.165) is 44.9 Å². The Balaban J connectivity index is 2.34. The fourth-order valence-corrected chi connectivity index (χ4v) is 3.80. The highest BCUT2D eigenvalue weighted by Crippen LogP contribution is 2.32. The number of carbonyl (C=O) groups excluding carboxylic acids is 2. The summed E-state index contributed by atoms with van der Waals surface area (Å²) in [6.45, 7) is 10.4. The van der Waals surface area contributed by atoms with E-state index in [4.69, 9.17) is 4.74 Å². The molecule has 0 N–H and O–H groups in total. The van der Waals surface area contributed by atoms with Gasteiger partial charge in [0.25, 0.3) is 0 Å². The van der Waals surface area contributed by atoms with Gasteiger partial charge in [-0.05, 0) is 58.8 Å². The van der Waals surface area contributed by atoms with E-state index in [9.17, 15) is 9.59 Å². The van der Waals surface area contributed by atoms with Crippen molar-refractivity contribution < 1.29 is 14.3 Å². The minimum absolute atomic E-state index is 0.00566. The molecule has 1 saturated carbocycles. The monoisotopic (exact) mass is 403 g/mol. The van der Waals surface area contributed by atoms with Crippen LogP contribution in [-0.4, -0.2) is 34.3 Å². The van der Waals surface area contributed by atoms with E-state index in [1.54, 1.807) is 22.7 Å². The number of anilines is 1. The Morgan fingerprint density at radius 2 is 1.97 bits per heavy atom. The molecule has 1 aliphatic rings. The largest absolute Gasteiger partial charge is 0.462 e. The molecule has 0 saturated heterocycles. The lowest BCUT2D eigenvalue weighted by atomic mass is 9.82. The van der Waals surface area contributed by atoms with Gasteiger partial charge in [0, 0.05) is 24.4 Å². The van der Waals surface area contributed by atoms with Gasteiger partial charge < -0.3 is 4.74 Å². The van der Waals surface area contributed by atoms with Crippen LogP contribution in [0.1, 0.15) is 89.9 Å². The molecule has 0 unspecified atom stereocenters. The van der Waals surface area contributed by atoms with E-state index in [1.165, 1.54) is 0 Å². The molecule has 29 heavy (non-hydrogen) atoms. The smallest absolute Gasteiger partial charge is 0.343 e. The molecule has 6 heteroatoms. The lowest BCUT2D eigenvalue weighted by Crippen LogP contribution is -2.43. The Hall–Kier alpha value is -2.11. The quantitative estimate of drug-likeness (QED) is 0.415. The van der Waals surface area contributed by atoms with Crippen LogP contribution in [0.15, 0.2) is 12.3 Å². The fraction of sp³-hybridized carbons (Fsp3) is 0.696. The standard InChI is InChI=1S/C23H37N3O3/c1-6-8-9-10-15-25-16-20(23(28)29-7-2)21(24-25)26(17(3)4)22(27)19-13-11-18(5)12-14-19/h10,15-19H,6-9,11-14H2,1-5H3. The van der Waals surface area contributed by atoms with Crippen LogP contribution in [-0.2, 0) is 9.53 Å². The van der Waals surface area contributed by atoms with E-state index in [0.29, 0.717) is 17.3 Å². The van der Waals surface area contributed by atoms with Crippen molar-refractivity contribution in [3.8, 4) is 0 Å². The maximum absolute atomic E-state index is 13.4. The molecule has 0 bridgehead atoms. The van der Waals surface area contributed by atoms with E-state index in [1.807, 2.05) is 26.1 Å². The van der Waals surface area contributed by atoms with Crippen molar-refractivity contribution in [2.75, 3.05) is 11.5 Å². The first kappa shape index (κ1) is 23.2. The lowest BCUT2D eigenvalue weighted by Gasteiger charge is -2.32. The summed E-state index contributed by atoms with van der Waals surface area (Å²) >= 11 is 0. The van der Waals surface area contributed by atoms with Crippen molar-refractivity contribution in [3.05, 3.63) is 17.8 Å². The fourth-order valence-electron chi connectivity index (χ4n) is 3.80. The van der Waals surface area contributed by atoms with Crippen LogP contribution in [0.25, 0.3) is 6.20 Å². The van der Waals surface area contributed by atoms with Gasteiger partial charge in [-0.25, -0.2) is 9.48 Å². The molecule has 0 aliphatic heterocycles. The first-order chi connectivity index (χ1) is 13.9. The lowest BCUT2D eigenvalue weighted by molar-refractivity contribution is -0.123. The van der Waals surface area contributed by atoms with Crippen LogP contribution < -0.4 is 4.90 Å². The highest BCUT2D eigenvalue weighted by molar-refractivity contribution is 6.02. The maximum Gasteiger partial charge on any atom is 0.343 e. The van der Waals surface area contributed by atoms with Gasteiger partial charge in [-0.3, -0.25) is 9.69 Å². The Kier molecular flexibility index (Phi) is 8.93. The highest BCUT2D eigenvalue weighted by atomic mass is 16.5. The Morgan fingerprint density at radius 3 is 2.55 bits per heavy atom. The van der Waals surface area contributed by atoms with Crippen molar-refractivity contribution >= 4 is 23.9 Å². The summed E-state index contributed by atoms with van der Waals surface area (Å²) in [4.78, 5) is 27.7. The second kappa shape index (κ2) is 11.2. The predicted molar refractivity (Wildman–Crippen MR) is 117 cm³/mol. The van der Waals surface area contributed by atoms with Crippen molar-refractivity contribution in [2.24, 2.45) is 11.8 Å². The van der Waals surface area contributed by atoms with Gasteiger partial charge >= 0.3 is 5.97 Å². The van der Waals surface area contributed by atoms with Gasteiger partial charge in [0.2, 0.25) is 5.91 Å². The molecule has 1 aliphatic carbocycles. The molecule has 1 amide bonds. The number of carbonyl (C=O) groups is 2. The third kappa shape index (κ3) is 6.18. The van der Waals surface area contributed by atoms with Crippen molar-refractivity contribution in [1.29, 1.82) is 0 Å². The third-order valence-electron chi connectivity index (χ3n) is 5.54. The molecule has 1 fully saturated rings. The number of rotatable bonds is 9. The summed E-state index contributed by atoms with van der Waals surface area (Å²) in [5, 5.41) is 4.60. The first-order valence-corrected chi connectivity index (χ1v) is 11.1. The molecule has 1 aromatic heterocycles. The van der Waals surface area contributed by atoms with Crippen LogP contribution in [0.5, 0.6) is 0 Å². The van der Waals surface area contributed by atoms with E-state index >= 15 is 0 Å². The second-order valence-corrected chi connectivity index (χ2v) is 8.35. The van der Waals surface area contributed by atoms with Crippen LogP contribution in [0.4, 0.5) is 5.82 Å². The molecule has 0 atom stereocenters. The minimum atomic E-state index is -0.438. The van der Waals surface area contributed by atoms with Gasteiger partial charge in [0.05, 0.1) is 6.61 Å². The van der Waals surface area contributed by atoms with Crippen molar-refractivity contribution in [3.63, 3.8) is 0 Å². The van der Waals surface area contributed by atoms with Crippen LogP contribution in [0.2, 0.25) is 0 Å². The van der Waals surface area contributed by atoms with Gasteiger partial charge in [-0.1, -0.05) is 32.8 Å². The third-order valence-corrected chi connectivity index (χ3v) is 5.54. The van der Waals surface area contributed by atoms with Crippen molar-refractivity contribution in [2.45, 2.75) is 85.6 Å². The minimum Gasteiger partial charge on any atom is -0.462 e. The molecule has 2 rings (SSSR count). The molecule has 162 valence electrons. The summed E-state index contributed by atoms with van der Waals surface area (Å²) in [7, 11) is 0. The molecular formula is C23H37N3O3. The van der Waals surface area contributed by atoms with E-state index < -0.39 is 5.97 Å². The average Bonchev–Trinajstić information content (AvgIpc) is 3.09. The number of amides is 1. The topological polar surface area (TPSA) is 64.4 Å². The Bertz CT molecular complexity index is 700. The maximum atomic E-state index is 13.4. The summed E-state index contributed by atoms with van der Waals surface area (Å²) in [6, 6.07) is -0.0950. The highest BCUT2D eigenvalue weighted by Gasteiger charge is 2.34. The number of hydrogen-bond donors (Lipinski definition) is 0. The van der Waals surface area contributed by atoms with Crippen LogP contribution in [0.3, 0.4) is 0 Å². The zero-order valence-electron chi connectivity index (χ0n) is 18.7. The summed E-state index contributed by atoms with van der Waals surface area (Å²) in [6.07, 6.45) is 12.7. The van der Waals surface area contributed by atoms with Gasteiger partial charge in [-0.2, -0.15) is 0 Å². The van der Waals surface area contributed by atoms with Crippen molar-refractivity contribution in [1.82, 2.24) is 9.78 Å². The Morgan fingerprint density at radius 1 is 1.28 bits per heavy atom. The Labute approximate surface area is 175 Å². The van der Waals surface area contributed by atoms with Crippen LogP contribution in [0, 0.1) is 11.8 Å². The van der Waals surface area contributed by atoms with Gasteiger partial charge in [0.1, 0.15) is 5.56 Å². The summed E-state index contributed by atoms with van der Waals surface area (Å²) < 4.78 is 6.87. The van der Waals surface area contributed by atoms with Gasteiger partial charge in [0.15, 0.2) is 5.82 Å². The zero-order chi connectivity index (χ0) is 21.4. The van der Waals surface area contributed by atoms with Crippen LogP contribution >= 0.6 is 0 Å². The normalized spacial score (nSPS) is 19.7. The number of hydrogen-bond acceptors (Lipinski definition) is 4. The molecule has 0 spiro atoms. The molecule has 1 aromatic rings. The van der Waals surface area contributed by atoms with Gasteiger partial charge in [-0.15, -0.1) is 5.10 Å². The molecule has 1 heterocycles. The average molecular weight is 404 g/mol. The first-order valence-electron chi connectivity index (χ1n) is 11.1. The number of aromatic nitrogens is 2. The second-order valence-electron chi connectivity index (χ2n) is 8.35. The summed E-state index contributed by atoms with van der Waals surface area (Å²) in [5.41, 5.74) is 0.346. The summed E-state index contributed by atoms with van der Waals surface area (Å²) in [5.74, 6) is 0.703. The van der Waals surface area contributed by atoms with E-state index in [-0.39, 0.29) is 24.5 Å².